The molecule has 0 radical (unpaired) electrons. The number of benzene rings is 2. The van der Waals surface area contributed by atoms with Crippen LogP contribution in [0, 0.1) is 6.92 Å². The molecule has 2 aromatic carbocycles. The summed E-state index contributed by atoms with van der Waals surface area (Å²) in [5, 5.41) is 0.123. The quantitative estimate of drug-likeness (QED) is 0.472. The Morgan fingerprint density at radius 3 is 1.70 bits per heavy atom. The molecule has 0 heterocycles. The van der Waals surface area contributed by atoms with E-state index in [1.807, 2.05) is 13.8 Å². The van der Waals surface area contributed by atoms with Crippen LogP contribution in [-0.4, -0.2) is 0 Å². The molecule has 0 unspecified atom stereocenters. The van der Waals surface area contributed by atoms with E-state index in [1.54, 1.807) is 12.1 Å². The van der Waals surface area contributed by atoms with E-state index in [9.17, 15) is 22.0 Å². The summed E-state index contributed by atoms with van der Waals surface area (Å²) >= 11 is 5.44. The first-order chi connectivity index (χ1) is 10.7. The van der Waals surface area contributed by atoms with Crippen LogP contribution in [0.3, 0.4) is 0 Å². The van der Waals surface area contributed by atoms with Gasteiger partial charge >= 0.3 is 6.18 Å². The van der Waals surface area contributed by atoms with E-state index in [4.69, 9.17) is 11.6 Å². The fraction of sp³-hybridized carbons (Fsp3) is 0.294. The van der Waals surface area contributed by atoms with Crippen LogP contribution >= 0.6 is 11.6 Å². The maximum atomic E-state index is 12.0. The van der Waals surface area contributed by atoms with Crippen LogP contribution in [-0.2, 0) is 6.18 Å². The van der Waals surface area contributed by atoms with E-state index in [0.29, 0.717) is 0 Å². The highest BCUT2D eigenvalue weighted by molar-refractivity contribution is 6.31. The number of aryl methyl sites for hydroxylation is 1. The van der Waals surface area contributed by atoms with Gasteiger partial charge in [0.05, 0.1) is 5.56 Å². The number of alkyl halides is 5. The van der Waals surface area contributed by atoms with Crippen molar-refractivity contribution in [3.63, 3.8) is 0 Å². The maximum absolute atomic E-state index is 12.0. The van der Waals surface area contributed by atoms with E-state index < -0.39 is 18.2 Å². The lowest BCUT2D eigenvalue weighted by molar-refractivity contribution is -0.138. The zero-order valence-electron chi connectivity index (χ0n) is 13.0. The van der Waals surface area contributed by atoms with E-state index in [2.05, 4.69) is 0 Å². The molecule has 23 heavy (non-hydrogen) atoms. The van der Waals surface area contributed by atoms with Gasteiger partial charge in [0.15, 0.2) is 0 Å². The first kappa shape index (κ1) is 21.4. The average molecular weight is 353 g/mol. The van der Waals surface area contributed by atoms with Crippen LogP contribution in [0.4, 0.5) is 22.0 Å². The lowest BCUT2D eigenvalue weighted by Crippen LogP contribution is -2.06. The molecular weight excluding hydrogens is 335 g/mol. The van der Waals surface area contributed by atoms with E-state index in [1.165, 1.54) is 37.3 Å². The molecular formula is C17H18ClF5. The third-order valence-corrected chi connectivity index (χ3v) is 2.93. The molecule has 128 valence electrons. The highest BCUT2D eigenvalue weighted by Crippen LogP contribution is 2.31. The second-order valence-electron chi connectivity index (χ2n) is 4.13. The molecule has 0 spiro atoms. The van der Waals surface area contributed by atoms with Crippen molar-refractivity contribution in [3.8, 4) is 0 Å². The van der Waals surface area contributed by atoms with E-state index >= 15 is 0 Å². The summed E-state index contributed by atoms with van der Waals surface area (Å²) in [5.41, 5.74) is -0.399. The van der Waals surface area contributed by atoms with Gasteiger partial charge in [-0.2, -0.15) is 13.2 Å². The summed E-state index contributed by atoms with van der Waals surface area (Å²) in [7, 11) is 0. The highest BCUT2D eigenvalue weighted by atomic mass is 35.5. The summed E-state index contributed by atoms with van der Waals surface area (Å²) < 4.78 is 60.0. The fourth-order valence-electron chi connectivity index (χ4n) is 1.54. The minimum atomic E-state index is -4.22. The first-order valence-electron chi connectivity index (χ1n) is 6.89. The molecule has 0 atom stereocenters. The van der Waals surface area contributed by atoms with Crippen LogP contribution in [0.5, 0.6) is 0 Å². The fourth-order valence-corrected chi connectivity index (χ4v) is 1.76. The Morgan fingerprint density at radius 2 is 1.35 bits per heavy atom. The highest BCUT2D eigenvalue weighted by Gasteiger charge is 2.31. The van der Waals surface area contributed by atoms with Crippen LogP contribution in [0.25, 0.3) is 0 Å². The van der Waals surface area contributed by atoms with E-state index in [0.717, 1.165) is 6.07 Å². The molecule has 0 bridgehead atoms. The summed E-state index contributed by atoms with van der Waals surface area (Å²) in [6.45, 7) is 5.45. The Bertz CT molecular complexity index is 579. The third-order valence-electron chi connectivity index (χ3n) is 2.59. The van der Waals surface area contributed by atoms with Crippen molar-refractivity contribution in [3.05, 3.63) is 70.2 Å². The third kappa shape index (κ3) is 7.46. The Morgan fingerprint density at radius 1 is 0.870 bits per heavy atom. The van der Waals surface area contributed by atoms with Crippen molar-refractivity contribution >= 4 is 11.6 Å². The van der Waals surface area contributed by atoms with Gasteiger partial charge in [-0.05, 0) is 24.6 Å². The van der Waals surface area contributed by atoms with Crippen molar-refractivity contribution < 1.29 is 22.0 Å². The molecule has 6 heteroatoms. The predicted octanol–water partition coefficient (Wildman–Crippen LogP) is 7.32. The molecule has 0 fully saturated rings. The van der Waals surface area contributed by atoms with Gasteiger partial charge in [-0.1, -0.05) is 61.8 Å². The Labute approximate surface area is 137 Å². The van der Waals surface area contributed by atoms with Crippen molar-refractivity contribution in [2.45, 2.75) is 33.4 Å². The maximum Gasteiger partial charge on any atom is 0.416 e. The smallest absolute Gasteiger partial charge is 0.205 e. The number of hydrogen-bond donors (Lipinski definition) is 0. The van der Waals surface area contributed by atoms with Crippen LogP contribution in [0.1, 0.15) is 37.0 Å². The monoisotopic (exact) mass is 352 g/mol. The van der Waals surface area contributed by atoms with Crippen molar-refractivity contribution in [1.82, 2.24) is 0 Å². The van der Waals surface area contributed by atoms with Crippen LogP contribution in [0.2, 0.25) is 5.02 Å². The second-order valence-corrected chi connectivity index (χ2v) is 4.54. The zero-order chi connectivity index (χ0) is 18.0. The molecule has 0 nitrogen and oxygen atoms in total. The van der Waals surface area contributed by atoms with Crippen molar-refractivity contribution in [2.75, 3.05) is 0 Å². The minimum absolute atomic E-state index is 0.107. The van der Waals surface area contributed by atoms with Gasteiger partial charge in [0.25, 0.3) is 6.43 Å². The number of hydrogen-bond acceptors (Lipinski definition) is 0. The van der Waals surface area contributed by atoms with Crippen LogP contribution in [0.15, 0.2) is 48.5 Å². The van der Waals surface area contributed by atoms with Crippen molar-refractivity contribution in [2.24, 2.45) is 0 Å². The SMILES string of the molecule is CC.Cc1ccccc1C(F)(F)F.FC(F)c1ccccc1Cl. The van der Waals surface area contributed by atoms with Gasteiger partial charge in [0, 0.05) is 10.6 Å². The van der Waals surface area contributed by atoms with Gasteiger partial charge in [-0.3, -0.25) is 0 Å². The lowest BCUT2D eigenvalue weighted by atomic mass is 10.1. The predicted molar refractivity (Wildman–Crippen MR) is 83.9 cm³/mol. The Hall–Kier alpha value is -1.62. The van der Waals surface area contributed by atoms with Gasteiger partial charge < -0.3 is 0 Å². The molecule has 2 aromatic rings. The molecule has 0 saturated carbocycles. The second kappa shape index (κ2) is 10.2. The lowest BCUT2D eigenvalue weighted by Gasteiger charge is -2.08. The van der Waals surface area contributed by atoms with Gasteiger partial charge in [-0.25, -0.2) is 8.78 Å². The first-order valence-corrected chi connectivity index (χ1v) is 7.26. The van der Waals surface area contributed by atoms with Crippen molar-refractivity contribution in [1.29, 1.82) is 0 Å². The molecule has 0 N–H and O–H groups in total. The molecule has 2 rings (SSSR count). The zero-order valence-corrected chi connectivity index (χ0v) is 13.7. The molecule has 0 saturated heterocycles. The van der Waals surface area contributed by atoms with E-state index in [-0.39, 0.29) is 16.1 Å². The summed E-state index contributed by atoms with van der Waals surface area (Å²) in [5.74, 6) is 0. The summed E-state index contributed by atoms with van der Waals surface area (Å²) in [6.07, 6.45) is -6.69. The topological polar surface area (TPSA) is 0 Å². The Kier molecular flexibility index (Phi) is 9.49. The minimum Gasteiger partial charge on any atom is -0.205 e. The molecule has 0 aliphatic carbocycles. The number of halogens is 6. The van der Waals surface area contributed by atoms with Gasteiger partial charge in [-0.15, -0.1) is 0 Å². The Balaban J connectivity index is 0.000000381. The average Bonchev–Trinajstić information content (AvgIpc) is 2.49. The molecule has 0 aliphatic heterocycles. The molecule has 0 aromatic heterocycles. The normalized spacial score (nSPS) is 10.3. The molecule has 0 aliphatic rings. The molecule has 0 amide bonds. The standard InChI is InChI=1S/C8H7F3.C7H5ClF2.C2H6/c1-6-4-2-3-5-7(6)8(9,10)11;8-6-4-2-1-3-5(6)7(9)10;1-2/h2-5H,1H3;1-4,7H;1-2H3. The van der Waals surface area contributed by atoms with Gasteiger partial charge in [0.1, 0.15) is 0 Å². The summed E-state index contributed by atoms with van der Waals surface area (Å²) in [4.78, 5) is 0. The largest absolute Gasteiger partial charge is 0.416 e. The van der Waals surface area contributed by atoms with Gasteiger partial charge in [0.2, 0.25) is 0 Å². The van der Waals surface area contributed by atoms with Crippen LogP contribution < -0.4 is 0 Å². The number of rotatable bonds is 1. The summed E-state index contributed by atoms with van der Waals surface area (Å²) in [6, 6.07) is 11.4.